The van der Waals surface area contributed by atoms with E-state index in [0.29, 0.717) is 6.42 Å². The molecule has 0 aliphatic heterocycles. The Kier molecular flexibility index (Phi) is 3.26. The summed E-state index contributed by atoms with van der Waals surface area (Å²) < 4.78 is 0. The average Bonchev–Trinajstić information content (AvgIpc) is 2.75. The van der Waals surface area contributed by atoms with E-state index in [9.17, 15) is 4.79 Å². The summed E-state index contributed by atoms with van der Waals surface area (Å²) in [5.74, 6) is -0.801. The summed E-state index contributed by atoms with van der Waals surface area (Å²) >= 11 is 1.51. The number of hydrogen-bond acceptors (Lipinski definition) is 4. The summed E-state index contributed by atoms with van der Waals surface area (Å²) in [6.07, 6.45) is 4.04. The van der Waals surface area contributed by atoms with Gasteiger partial charge in [0, 0.05) is 24.4 Å². The summed E-state index contributed by atoms with van der Waals surface area (Å²) in [5.41, 5.74) is 3.56. The van der Waals surface area contributed by atoms with Crippen LogP contribution < -0.4 is 0 Å². The van der Waals surface area contributed by atoms with Gasteiger partial charge in [0.1, 0.15) is 0 Å². The van der Waals surface area contributed by atoms with Crippen molar-refractivity contribution in [3.8, 4) is 10.4 Å². The predicted molar refractivity (Wildman–Crippen MR) is 61.3 cm³/mol. The Balaban J connectivity index is 2.23. The molecule has 0 aliphatic rings. The van der Waals surface area contributed by atoms with Gasteiger partial charge < -0.3 is 5.11 Å². The van der Waals surface area contributed by atoms with Gasteiger partial charge in [-0.05, 0) is 6.07 Å². The van der Waals surface area contributed by atoms with Gasteiger partial charge in [-0.1, -0.05) is 6.07 Å². The maximum Gasteiger partial charge on any atom is 0.303 e. The number of pyridine rings is 1. The van der Waals surface area contributed by atoms with E-state index >= 15 is 0 Å². The predicted octanol–water partition coefficient (Wildman–Crippen LogP) is 2.22. The third kappa shape index (κ3) is 2.43. The minimum Gasteiger partial charge on any atom is -0.481 e. The molecule has 2 aromatic rings. The molecule has 1 N–H and O–H groups in total. The van der Waals surface area contributed by atoms with Crippen LogP contribution in [0.2, 0.25) is 0 Å². The summed E-state index contributed by atoms with van der Waals surface area (Å²) in [5, 5.41) is 8.64. The Morgan fingerprint density at radius 3 is 3.06 bits per heavy atom. The number of carboxylic acid groups (broad SMARTS) is 1. The molecule has 0 spiro atoms. The second kappa shape index (κ2) is 4.85. The van der Waals surface area contributed by atoms with E-state index in [4.69, 9.17) is 5.11 Å². The Hall–Kier alpha value is -1.75. The lowest BCUT2D eigenvalue weighted by molar-refractivity contribution is -0.136. The first kappa shape index (κ1) is 10.8. The zero-order valence-corrected chi connectivity index (χ0v) is 9.28. The van der Waals surface area contributed by atoms with Gasteiger partial charge >= 0.3 is 5.97 Å². The van der Waals surface area contributed by atoms with Gasteiger partial charge in [-0.25, -0.2) is 4.98 Å². The quantitative estimate of drug-likeness (QED) is 0.881. The number of hydrogen-bond donors (Lipinski definition) is 1. The van der Waals surface area contributed by atoms with Gasteiger partial charge in [-0.15, -0.1) is 11.3 Å². The molecule has 16 heavy (non-hydrogen) atoms. The van der Waals surface area contributed by atoms with E-state index in [2.05, 4.69) is 9.97 Å². The molecule has 0 radical (unpaired) electrons. The summed E-state index contributed by atoms with van der Waals surface area (Å²) in [7, 11) is 0. The second-order valence-electron chi connectivity index (χ2n) is 3.26. The van der Waals surface area contributed by atoms with Crippen LogP contribution in [0.25, 0.3) is 10.4 Å². The van der Waals surface area contributed by atoms with Crippen molar-refractivity contribution in [2.24, 2.45) is 0 Å². The van der Waals surface area contributed by atoms with Crippen molar-refractivity contribution >= 4 is 17.3 Å². The lowest BCUT2D eigenvalue weighted by atomic mass is 10.1. The van der Waals surface area contributed by atoms with E-state index in [1.807, 2.05) is 12.1 Å². The molecule has 2 heterocycles. The van der Waals surface area contributed by atoms with Crippen molar-refractivity contribution in [1.82, 2.24) is 9.97 Å². The summed E-state index contributed by atoms with van der Waals surface area (Å²) in [6.45, 7) is 0. The molecule has 0 bridgehead atoms. The highest BCUT2D eigenvalue weighted by Crippen LogP contribution is 2.27. The first-order valence-electron chi connectivity index (χ1n) is 4.82. The molecule has 0 atom stereocenters. The molecule has 0 unspecified atom stereocenters. The number of nitrogens with zero attached hydrogens (tertiary/aromatic N) is 2. The largest absolute Gasteiger partial charge is 0.481 e. The molecule has 2 aromatic heterocycles. The zero-order chi connectivity index (χ0) is 11.4. The number of aromatic nitrogens is 2. The SMILES string of the molecule is O=C(O)CCc1ncsc1-c1cccnc1. The zero-order valence-electron chi connectivity index (χ0n) is 8.46. The highest BCUT2D eigenvalue weighted by Gasteiger charge is 2.09. The average molecular weight is 234 g/mol. The van der Waals surface area contributed by atoms with Gasteiger partial charge in [0.2, 0.25) is 0 Å². The van der Waals surface area contributed by atoms with Crippen LogP contribution in [-0.2, 0) is 11.2 Å². The molecule has 0 fully saturated rings. The van der Waals surface area contributed by atoms with Crippen LogP contribution in [-0.4, -0.2) is 21.0 Å². The van der Waals surface area contributed by atoms with Crippen molar-refractivity contribution < 1.29 is 9.90 Å². The van der Waals surface area contributed by atoms with Crippen LogP contribution in [0.5, 0.6) is 0 Å². The fourth-order valence-electron chi connectivity index (χ4n) is 1.40. The Labute approximate surface area is 96.6 Å². The summed E-state index contributed by atoms with van der Waals surface area (Å²) in [4.78, 5) is 19.7. The lowest BCUT2D eigenvalue weighted by Crippen LogP contribution is -1.98. The molecule has 82 valence electrons. The van der Waals surface area contributed by atoms with Crippen LogP contribution in [0.3, 0.4) is 0 Å². The maximum absolute atomic E-state index is 10.5. The molecule has 0 saturated heterocycles. The highest BCUT2D eigenvalue weighted by molar-refractivity contribution is 7.13. The maximum atomic E-state index is 10.5. The first-order valence-corrected chi connectivity index (χ1v) is 5.70. The monoisotopic (exact) mass is 234 g/mol. The highest BCUT2D eigenvalue weighted by atomic mass is 32.1. The van der Waals surface area contributed by atoms with Gasteiger partial charge in [0.05, 0.1) is 22.5 Å². The molecule has 0 saturated carbocycles. The molecule has 0 aliphatic carbocycles. The number of carbonyl (C=O) groups is 1. The Morgan fingerprint density at radius 2 is 2.38 bits per heavy atom. The molecule has 0 amide bonds. The fourth-order valence-corrected chi connectivity index (χ4v) is 2.24. The van der Waals surface area contributed by atoms with Crippen LogP contribution in [0.1, 0.15) is 12.1 Å². The van der Waals surface area contributed by atoms with E-state index in [1.165, 1.54) is 11.3 Å². The van der Waals surface area contributed by atoms with Crippen molar-refractivity contribution in [3.63, 3.8) is 0 Å². The number of aryl methyl sites for hydroxylation is 1. The lowest BCUT2D eigenvalue weighted by Gasteiger charge is -2.00. The topological polar surface area (TPSA) is 63.1 Å². The van der Waals surface area contributed by atoms with Crippen molar-refractivity contribution in [1.29, 1.82) is 0 Å². The number of carboxylic acids is 1. The third-order valence-electron chi connectivity index (χ3n) is 2.14. The third-order valence-corrected chi connectivity index (χ3v) is 3.06. The Bertz CT molecular complexity index is 482. The fraction of sp³-hybridized carbons (Fsp3) is 0.182. The second-order valence-corrected chi connectivity index (χ2v) is 4.12. The van der Waals surface area contributed by atoms with Gasteiger partial charge in [-0.3, -0.25) is 9.78 Å². The molecule has 2 rings (SSSR count). The van der Waals surface area contributed by atoms with E-state index in [1.54, 1.807) is 17.9 Å². The van der Waals surface area contributed by atoms with Crippen LogP contribution in [0.4, 0.5) is 0 Å². The molecule has 4 nitrogen and oxygen atoms in total. The number of thiazole rings is 1. The van der Waals surface area contributed by atoms with Gasteiger partial charge in [0.25, 0.3) is 0 Å². The molecule has 5 heteroatoms. The normalized spacial score (nSPS) is 10.2. The van der Waals surface area contributed by atoms with Crippen molar-refractivity contribution in [3.05, 3.63) is 35.7 Å². The van der Waals surface area contributed by atoms with E-state index in [0.717, 1.165) is 16.1 Å². The Morgan fingerprint density at radius 1 is 1.50 bits per heavy atom. The van der Waals surface area contributed by atoms with E-state index in [-0.39, 0.29) is 6.42 Å². The van der Waals surface area contributed by atoms with Crippen LogP contribution >= 0.6 is 11.3 Å². The molecular formula is C11H10N2O2S. The van der Waals surface area contributed by atoms with Crippen LogP contribution in [0, 0.1) is 0 Å². The number of aliphatic carboxylic acids is 1. The number of rotatable bonds is 4. The van der Waals surface area contributed by atoms with Crippen molar-refractivity contribution in [2.75, 3.05) is 0 Å². The van der Waals surface area contributed by atoms with Crippen LogP contribution in [0.15, 0.2) is 30.0 Å². The first-order chi connectivity index (χ1) is 7.77. The summed E-state index contributed by atoms with van der Waals surface area (Å²) in [6, 6.07) is 3.81. The smallest absolute Gasteiger partial charge is 0.303 e. The van der Waals surface area contributed by atoms with Crippen molar-refractivity contribution in [2.45, 2.75) is 12.8 Å². The standard InChI is InChI=1S/C11H10N2O2S/c14-10(15)4-3-9-11(16-7-13-9)8-2-1-5-12-6-8/h1-2,5-7H,3-4H2,(H,14,15). The minimum absolute atomic E-state index is 0.108. The van der Waals surface area contributed by atoms with Gasteiger partial charge in [0.15, 0.2) is 0 Å². The molecular weight excluding hydrogens is 224 g/mol. The minimum atomic E-state index is -0.801. The molecule has 0 aromatic carbocycles. The van der Waals surface area contributed by atoms with E-state index < -0.39 is 5.97 Å². The van der Waals surface area contributed by atoms with Gasteiger partial charge in [-0.2, -0.15) is 0 Å².